The van der Waals surface area contributed by atoms with Crippen molar-refractivity contribution in [2.75, 3.05) is 23.9 Å². The molecule has 2 aromatic carbocycles. The first-order chi connectivity index (χ1) is 13.7. The summed E-state index contributed by atoms with van der Waals surface area (Å²) in [6.07, 6.45) is 0.157. The van der Waals surface area contributed by atoms with Crippen molar-refractivity contribution in [3.05, 3.63) is 54.6 Å². The summed E-state index contributed by atoms with van der Waals surface area (Å²) in [7, 11) is 1.58. The Morgan fingerprint density at radius 3 is 2.71 bits per heavy atom. The molecule has 0 saturated carbocycles. The topological polar surface area (TPSA) is 100 Å². The van der Waals surface area contributed by atoms with Crippen molar-refractivity contribution in [1.82, 2.24) is 15.2 Å². The maximum Gasteiger partial charge on any atom is 0.249 e. The number of methoxy groups -OCH3 is 1. The largest absolute Gasteiger partial charge is 0.496 e. The molecular weight excluding hydrogens is 358 g/mol. The molecule has 1 atom stereocenters. The zero-order chi connectivity index (χ0) is 19.5. The van der Waals surface area contributed by atoms with Gasteiger partial charge < -0.3 is 9.64 Å². The van der Waals surface area contributed by atoms with Crippen LogP contribution < -0.4 is 15.0 Å². The van der Waals surface area contributed by atoms with E-state index in [-0.39, 0.29) is 24.2 Å². The number of hydrogen-bond donors (Lipinski definition) is 2. The van der Waals surface area contributed by atoms with Crippen molar-refractivity contribution >= 4 is 23.5 Å². The van der Waals surface area contributed by atoms with Gasteiger partial charge in [0.1, 0.15) is 5.75 Å². The van der Waals surface area contributed by atoms with Gasteiger partial charge in [-0.25, -0.2) is 0 Å². The number of aromatic nitrogens is 3. The molecule has 0 radical (unpaired) electrons. The normalized spacial score (nSPS) is 16.2. The summed E-state index contributed by atoms with van der Waals surface area (Å²) in [6.45, 7) is 0.332. The van der Waals surface area contributed by atoms with Crippen LogP contribution >= 0.6 is 0 Å². The van der Waals surface area contributed by atoms with E-state index in [1.54, 1.807) is 12.0 Å². The minimum absolute atomic E-state index is 0.0731. The van der Waals surface area contributed by atoms with Crippen LogP contribution in [0.3, 0.4) is 0 Å². The molecule has 1 fully saturated rings. The first-order valence-corrected chi connectivity index (χ1v) is 8.88. The Kier molecular flexibility index (Phi) is 4.76. The van der Waals surface area contributed by atoms with Gasteiger partial charge in [-0.2, -0.15) is 4.98 Å². The molecule has 2 N–H and O–H groups in total. The van der Waals surface area contributed by atoms with Crippen LogP contribution in [0.2, 0.25) is 0 Å². The number of ether oxygens (including phenoxy) is 1. The standard InChI is InChI=1S/C20H19N5O3/c1-28-16-10-6-5-9-15(16)18-21-20(24-23-18)22-19(27)13-11-17(26)25(12-13)14-7-3-2-4-8-14/h2-10,13H,11-12H2,1H3,(H2,21,22,23,24,27). The Balaban J connectivity index is 1.45. The molecule has 0 bridgehead atoms. The second kappa shape index (κ2) is 7.51. The van der Waals surface area contributed by atoms with E-state index in [9.17, 15) is 9.59 Å². The molecule has 2 amide bonds. The number of benzene rings is 2. The van der Waals surface area contributed by atoms with Gasteiger partial charge >= 0.3 is 0 Å². The maximum absolute atomic E-state index is 12.6. The number of hydrogen-bond acceptors (Lipinski definition) is 5. The van der Waals surface area contributed by atoms with Crippen LogP contribution in [0, 0.1) is 5.92 Å². The zero-order valence-corrected chi connectivity index (χ0v) is 15.3. The minimum Gasteiger partial charge on any atom is -0.496 e. The highest BCUT2D eigenvalue weighted by Gasteiger charge is 2.35. The van der Waals surface area contributed by atoms with Crippen molar-refractivity contribution in [3.63, 3.8) is 0 Å². The molecule has 142 valence electrons. The Hall–Kier alpha value is -3.68. The van der Waals surface area contributed by atoms with Gasteiger partial charge in [0.05, 0.1) is 18.6 Å². The summed E-state index contributed by atoms with van der Waals surface area (Å²) in [5.74, 6) is 0.489. The van der Waals surface area contributed by atoms with Crippen molar-refractivity contribution in [2.24, 2.45) is 5.92 Å². The number of carbonyl (C=O) groups is 2. The fourth-order valence-electron chi connectivity index (χ4n) is 3.23. The van der Waals surface area contributed by atoms with Crippen molar-refractivity contribution in [2.45, 2.75) is 6.42 Å². The van der Waals surface area contributed by atoms with Crippen LogP contribution in [0.4, 0.5) is 11.6 Å². The maximum atomic E-state index is 12.6. The van der Waals surface area contributed by atoms with E-state index in [2.05, 4.69) is 20.5 Å². The highest BCUT2D eigenvalue weighted by Crippen LogP contribution is 2.28. The molecule has 1 aromatic heterocycles. The molecule has 0 spiro atoms. The van der Waals surface area contributed by atoms with Crippen molar-refractivity contribution < 1.29 is 14.3 Å². The van der Waals surface area contributed by atoms with Gasteiger partial charge in [-0.1, -0.05) is 30.3 Å². The first kappa shape index (κ1) is 17.7. The molecule has 0 aliphatic carbocycles. The number of nitrogens with one attached hydrogen (secondary N) is 2. The van der Waals surface area contributed by atoms with Crippen LogP contribution in [-0.2, 0) is 9.59 Å². The lowest BCUT2D eigenvalue weighted by Crippen LogP contribution is -2.28. The average molecular weight is 377 g/mol. The molecule has 28 heavy (non-hydrogen) atoms. The Morgan fingerprint density at radius 1 is 1.18 bits per heavy atom. The molecule has 4 rings (SSSR count). The Labute approximate surface area is 161 Å². The van der Waals surface area contributed by atoms with E-state index in [4.69, 9.17) is 4.74 Å². The van der Waals surface area contributed by atoms with E-state index >= 15 is 0 Å². The quantitative estimate of drug-likeness (QED) is 0.711. The third kappa shape index (κ3) is 3.44. The highest BCUT2D eigenvalue weighted by atomic mass is 16.5. The lowest BCUT2D eigenvalue weighted by atomic mass is 10.1. The third-order valence-electron chi connectivity index (χ3n) is 4.65. The third-order valence-corrected chi connectivity index (χ3v) is 4.65. The van der Waals surface area contributed by atoms with Crippen LogP contribution in [0.5, 0.6) is 5.75 Å². The highest BCUT2D eigenvalue weighted by molar-refractivity contribution is 6.03. The second-order valence-electron chi connectivity index (χ2n) is 6.44. The van der Waals surface area contributed by atoms with E-state index in [1.165, 1.54) is 0 Å². The van der Waals surface area contributed by atoms with Gasteiger partial charge in [0.25, 0.3) is 0 Å². The molecular formula is C20H19N5O3. The number of anilines is 2. The van der Waals surface area contributed by atoms with Gasteiger partial charge in [0, 0.05) is 18.7 Å². The lowest BCUT2D eigenvalue weighted by Gasteiger charge is -2.16. The summed E-state index contributed by atoms with van der Waals surface area (Å²) in [5, 5.41) is 9.55. The summed E-state index contributed by atoms with van der Waals surface area (Å²) >= 11 is 0. The predicted molar refractivity (Wildman–Crippen MR) is 104 cm³/mol. The van der Waals surface area contributed by atoms with E-state index in [0.29, 0.717) is 18.1 Å². The van der Waals surface area contributed by atoms with E-state index < -0.39 is 5.92 Å². The summed E-state index contributed by atoms with van der Waals surface area (Å²) in [5.41, 5.74) is 1.53. The number of aromatic amines is 1. The summed E-state index contributed by atoms with van der Waals surface area (Å²) < 4.78 is 5.32. The SMILES string of the molecule is COc1ccccc1-c1nc(NC(=O)C2CC(=O)N(c3ccccc3)C2)n[nH]1. The molecule has 1 unspecified atom stereocenters. The number of H-pyrrole nitrogens is 1. The first-order valence-electron chi connectivity index (χ1n) is 8.88. The molecule has 1 saturated heterocycles. The molecule has 8 nitrogen and oxygen atoms in total. The zero-order valence-electron chi connectivity index (χ0n) is 15.3. The minimum atomic E-state index is -0.457. The number of para-hydroxylation sites is 2. The average Bonchev–Trinajstić information content (AvgIpc) is 3.35. The molecule has 8 heteroatoms. The van der Waals surface area contributed by atoms with Crippen LogP contribution in [0.25, 0.3) is 11.4 Å². The molecule has 1 aliphatic rings. The fraction of sp³-hybridized carbons (Fsp3) is 0.200. The van der Waals surface area contributed by atoms with Gasteiger partial charge in [-0.3, -0.25) is 20.0 Å². The second-order valence-corrected chi connectivity index (χ2v) is 6.44. The number of rotatable bonds is 5. The van der Waals surface area contributed by atoms with E-state index in [1.807, 2.05) is 54.6 Å². The van der Waals surface area contributed by atoms with Gasteiger partial charge in [0.2, 0.25) is 17.8 Å². The number of carbonyl (C=O) groups excluding carboxylic acids is 2. The van der Waals surface area contributed by atoms with Gasteiger partial charge in [-0.15, -0.1) is 5.10 Å². The Bertz CT molecular complexity index is 1000. The fourth-order valence-corrected chi connectivity index (χ4v) is 3.23. The van der Waals surface area contributed by atoms with Crippen LogP contribution in [0.1, 0.15) is 6.42 Å². The molecule has 2 heterocycles. The monoisotopic (exact) mass is 377 g/mol. The van der Waals surface area contributed by atoms with Gasteiger partial charge in [-0.05, 0) is 24.3 Å². The summed E-state index contributed by atoms with van der Waals surface area (Å²) in [4.78, 5) is 30.8. The predicted octanol–water partition coefficient (Wildman–Crippen LogP) is 2.47. The van der Waals surface area contributed by atoms with Crippen molar-refractivity contribution in [1.29, 1.82) is 0 Å². The molecule has 3 aromatic rings. The number of amides is 2. The van der Waals surface area contributed by atoms with Gasteiger partial charge in [0.15, 0.2) is 5.82 Å². The van der Waals surface area contributed by atoms with Crippen LogP contribution in [0.15, 0.2) is 54.6 Å². The van der Waals surface area contributed by atoms with E-state index in [0.717, 1.165) is 11.3 Å². The molecule has 1 aliphatic heterocycles. The Morgan fingerprint density at radius 2 is 1.93 bits per heavy atom. The smallest absolute Gasteiger partial charge is 0.249 e. The summed E-state index contributed by atoms with van der Waals surface area (Å²) in [6, 6.07) is 16.7. The van der Waals surface area contributed by atoms with Crippen molar-refractivity contribution in [3.8, 4) is 17.1 Å². The lowest BCUT2D eigenvalue weighted by molar-refractivity contribution is -0.122. The van der Waals surface area contributed by atoms with Crippen LogP contribution in [-0.4, -0.2) is 40.7 Å². The number of nitrogens with zero attached hydrogens (tertiary/aromatic N) is 3.